The van der Waals surface area contributed by atoms with Crippen LogP contribution in [0.1, 0.15) is 64.4 Å². The summed E-state index contributed by atoms with van der Waals surface area (Å²) in [7, 11) is 0. The molecule has 0 heterocycles. The molecule has 1 aliphatic rings. The van der Waals surface area contributed by atoms with E-state index in [1.807, 2.05) is 19.9 Å². The van der Waals surface area contributed by atoms with E-state index in [0.29, 0.717) is 18.3 Å². The Morgan fingerprint density at radius 1 is 1.18 bits per heavy atom. The number of ether oxygens (including phenoxy) is 2. The number of halogens is 3. The third-order valence-corrected chi connectivity index (χ3v) is 5.51. The van der Waals surface area contributed by atoms with Crippen LogP contribution in [0.25, 0.3) is 0 Å². The first-order valence-corrected chi connectivity index (χ1v) is 11.5. The minimum absolute atomic E-state index is 0.0212. The van der Waals surface area contributed by atoms with Crippen molar-refractivity contribution in [1.82, 2.24) is 0 Å². The van der Waals surface area contributed by atoms with Crippen LogP contribution in [-0.4, -0.2) is 24.5 Å². The van der Waals surface area contributed by atoms with E-state index < -0.39 is 11.7 Å². The molecule has 1 aliphatic carbocycles. The van der Waals surface area contributed by atoms with Gasteiger partial charge in [0.2, 0.25) is 0 Å². The van der Waals surface area contributed by atoms with E-state index in [1.54, 1.807) is 0 Å². The van der Waals surface area contributed by atoms with Crippen molar-refractivity contribution in [3.8, 4) is 5.75 Å². The van der Waals surface area contributed by atoms with Crippen molar-refractivity contribution < 1.29 is 32.2 Å². The van der Waals surface area contributed by atoms with Crippen molar-refractivity contribution in [2.45, 2.75) is 71.1 Å². The Morgan fingerprint density at radius 2 is 1.97 bits per heavy atom. The van der Waals surface area contributed by atoms with Crippen molar-refractivity contribution in [1.29, 1.82) is 0 Å². The number of rotatable bonds is 12. The molecule has 0 amide bonds. The van der Waals surface area contributed by atoms with Crippen molar-refractivity contribution in [2.24, 2.45) is 11.8 Å². The van der Waals surface area contributed by atoms with Gasteiger partial charge in [0, 0.05) is 6.42 Å². The van der Waals surface area contributed by atoms with Gasteiger partial charge in [-0.15, -0.1) is 0 Å². The monoisotopic (exact) mass is 466 g/mol. The number of unbranched alkanes of at least 4 members (excludes halogenated alkanes) is 1. The molecule has 33 heavy (non-hydrogen) atoms. The molecule has 0 aliphatic heterocycles. The van der Waals surface area contributed by atoms with E-state index in [9.17, 15) is 22.8 Å². The predicted molar refractivity (Wildman–Crippen MR) is 121 cm³/mol. The average molecular weight is 467 g/mol. The standard InChI is InChI=1S/C26H33F3O4/c1-19(2)33-25(31)14-6-4-3-5-9-20-10-7-11-21(20)15-16-23(30)18-32-24-13-8-12-22(17-24)26(27,28)29/h3,5,8,12-13,15-17,19-21H,4,6-7,9-11,14,18H2,1-2H3/b5-3-,16-15+/t20-,21?/m0/s1. The second-order valence-electron chi connectivity index (χ2n) is 8.63. The largest absolute Gasteiger partial charge is 0.485 e. The lowest BCUT2D eigenvalue weighted by Crippen LogP contribution is -2.11. The highest BCUT2D eigenvalue weighted by Gasteiger charge is 2.30. The molecule has 0 bridgehead atoms. The number of allylic oxidation sites excluding steroid dienone is 3. The Hall–Kier alpha value is -2.57. The van der Waals surface area contributed by atoms with Gasteiger partial charge in [-0.25, -0.2) is 0 Å². The fourth-order valence-electron chi connectivity index (χ4n) is 3.88. The van der Waals surface area contributed by atoms with Gasteiger partial charge in [-0.1, -0.05) is 30.7 Å². The Morgan fingerprint density at radius 3 is 2.70 bits per heavy atom. The molecule has 1 aromatic rings. The number of esters is 1. The first-order valence-electron chi connectivity index (χ1n) is 11.5. The van der Waals surface area contributed by atoms with Gasteiger partial charge in [-0.2, -0.15) is 13.2 Å². The van der Waals surface area contributed by atoms with E-state index in [4.69, 9.17) is 9.47 Å². The average Bonchev–Trinajstić information content (AvgIpc) is 3.19. The number of hydrogen-bond acceptors (Lipinski definition) is 4. The summed E-state index contributed by atoms with van der Waals surface area (Å²) in [6, 6.07) is 4.51. The number of alkyl halides is 3. The maximum Gasteiger partial charge on any atom is 0.416 e. The van der Waals surface area contributed by atoms with E-state index in [2.05, 4.69) is 12.2 Å². The molecule has 2 atom stereocenters. The zero-order chi connectivity index (χ0) is 24.3. The molecule has 0 radical (unpaired) electrons. The lowest BCUT2D eigenvalue weighted by atomic mass is 9.92. The van der Waals surface area contributed by atoms with Crippen LogP contribution < -0.4 is 4.74 Å². The summed E-state index contributed by atoms with van der Waals surface area (Å²) < 4.78 is 48.6. The van der Waals surface area contributed by atoms with Gasteiger partial charge in [-0.3, -0.25) is 9.59 Å². The topological polar surface area (TPSA) is 52.6 Å². The Balaban J connectivity index is 1.72. The minimum Gasteiger partial charge on any atom is -0.485 e. The van der Waals surface area contributed by atoms with Crippen molar-refractivity contribution in [2.75, 3.05) is 6.61 Å². The highest BCUT2D eigenvalue weighted by atomic mass is 19.4. The quantitative estimate of drug-likeness (QED) is 0.149. The van der Waals surface area contributed by atoms with Crippen molar-refractivity contribution in [3.63, 3.8) is 0 Å². The molecule has 1 aromatic carbocycles. The van der Waals surface area contributed by atoms with Gasteiger partial charge >= 0.3 is 12.1 Å². The van der Waals surface area contributed by atoms with E-state index in [1.165, 1.54) is 18.2 Å². The molecule has 0 spiro atoms. The third-order valence-electron chi connectivity index (χ3n) is 5.51. The molecule has 1 saturated carbocycles. The predicted octanol–water partition coefficient (Wildman–Crippen LogP) is 6.69. The number of hydrogen-bond donors (Lipinski definition) is 0. The summed E-state index contributed by atoms with van der Waals surface area (Å²) in [5.74, 6) is 0.338. The molecule has 0 N–H and O–H groups in total. The highest BCUT2D eigenvalue weighted by Crippen LogP contribution is 2.35. The maximum atomic E-state index is 12.8. The summed E-state index contributed by atoms with van der Waals surface area (Å²) in [5.41, 5.74) is -0.805. The lowest BCUT2D eigenvalue weighted by Gasteiger charge is -2.14. The molecule has 2 rings (SSSR count). The number of ketones is 1. The Bertz CT molecular complexity index is 827. The van der Waals surface area contributed by atoms with Crippen LogP contribution in [-0.2, 0) is 20.5 Å². The highest BCUT2D eigenvalue weighted by molar-refractivity contribution is 5.90. The fourth-order valence-corrected chi connectivity index (χ4v) is 3.88. The molecule has 0 saturated heterocycles. The van der Waals surface area contributed by atoms with Crippen LogP contribution in [0.5, 0.6) is 5.75 Å². The van der Waals surface area contributed by atoms with Gasteiger partial charge < -0.3 is 9.47 Å². The first kappa shape index (κ1) is 26.7. The molecule has 7 heteroatoms. The first-order chi connectivity index (χ1) is 15.6. The van der Waals surface area contributed by atoms with Crippen LogP contribution in [0, 0.1) is 11.8 Å². The Labute approximate surface area is 193 Å². The van der Waals surface area contributed by atoms with E-state index >= 15 is 0 Å². The summed E-state index contributed by atoms with van der Waals surface area (Å²) in [6.07, 6.45) is 9.22. The zero-order valence-corrected chi connectivity index (χ0v) is 19.3. The maximum absolute atomic E-state index is 12.8. The number of carbonyl (C=O) groups excluding carboxylic acids is 2. The molecular formula is C26H33F3O4. The molecule has 4 nitrogen and oxygen atoms in total. The summed E-state index contributed by atoms with van der Waals surface area (Å²) in [6.45, 7) is 3.37. The van der Waals surface area contributed by atoms with E-state index in [-0.39, 0.29) is 30.2 Å². The van der Waals surface area contributed by atoms with Gasteiger partial charge in [0.1, 0.15) is 5.75 Å². The smallest absolute Gasteiger partial charge is 0.416 e. The lowest BCUT2D eigenvalue weighted by molar-refractivity contribution is -0.147. The number of carbonyl (C=O) groups is 2. The Kier molecular flexibility index (Phi) is 10.7. The summed E-state index contributed by atoms with van der Waals surface area (Å²) >= 11 is 0. The molecule has 1 unspecified atom stereocenters. The van der Waals surface area contributed by atoms with Crippen LogP contribution in [0.2, 0.25) is 0 Å². The SMILES string of the molecule is CC(C)OC(=O)CCC/C=C\C[C@H]1CCCC1/C=C/C(=O)COc1cccc(C(F)(F)F)c1. The second kappa shape index (κ2) is 13.2. The van der Waals surface area contributed by atoms with Crippen molar-refractivity contribution in [3.05, 3.63) is 54.1 Å². The third kappa shape index (κ3) is 10.3. The second-order valence-corrected chi connectivity index (χ2v) is 8.63. The van der Waals surface area contributed by atoms with Gasteiger partial charge in [0.05, 0.1) is 11.7 Å². The van der Waals surface area contributed by atoms with E-state index in [0.717, 1.165) is 50.7 Å². The number of benzene rings is 1. The molecule has 1 fully saturated rings. The molecule has 182 valence electrons. The van der Waals surface area contributed by atoms with Gasteiger partial charge in [0.15, 0.2) is 12.4 Å². The fraction of sp³-hybridized carbons (Fsp3) is 0.538. The minimum atomic E-state index is -4.45. The van der Waals surface area contributed by atoms with Crippen molar-refractivity contribution >= 4 is 11.8 Å². The van der Waals surface area contributed by atoms with Crippen LogP contribution in [0.4, 0.5) is 13.2 Å². The van der Waals surface area contributed by atoms with Gasteiger partial charge in [-0.05, 0) is 82.1 Å². The van der Waals surface area contributed by atoms with Crippen LogP contribution in [0.15, 0.2) is 48.6 Å². The normalized spacial score (nSPS) is 19.0. The summed E-state index contributed by atoms with van der Waals surface area (Å²) in [5, 5.41) is 0. The van der Waals surface area contributed by atoms with Crippen LogP contribution >= 0.6 is 0 Å². The van der Waals surface area contributed by atoms with Crippen LogP contribution in [0.3, 0.4) is 0 Å². The van der Waals surface area contributed by atoms with Gasteiger partial charge in [0.25, 0.3) is 0 Å². The molecular weight excluding hydrogens is 433 g/mol. The molecule has 0 aromatic heterocycles. The zero-order valence-electron chi connectivity index (χ0n) is 19.3. The summed E-state index contributed by atoms with van der Waals surface area (Å²) in [4.78, 5) is 23.6.